The van der Waals surface area contributed by atoms with E-state index in [1.807, 2.05) is 37.5 Å². The minimum absolute atomic E-state index is 0.184. The van der Waals surface area contributed by atoms with Crippen LogP contribution in [0.5, 0.6) is 0 Å². The van der Waals surface area contributed by atoms with Crippen molar-refractivity contribution >= 4 is 5.91 Å². The van der Waals surface area contributed by atoms with E-state index in [2.05, 4.69) is 10.5 Å². The topological polar surface area (TPSA) is 60.1 Å². The van der Waals surface area contributed by atoms with Gasteiger partial charge in [0.05, 0.1) is 5.56 Å². The highest BCUT2D eigenvalue weighted by molar-refractivity contribution is 5.95. The predicted octanol–water partition coefficient (Wildman–Crippen LogP) is 3.50. The standard InChI is InChI=1S/C19H20FN3O2/c1-12-10-16(14(3)23(12)18-11-13(2)25-22-18)19(24)21-9-8-15-6-4-5-7-17(15)20/h4-7,10-11H,8-9H2,1-3H3,(H,21,24). The van der Waals surface area contributed by atoms with Crippen LogP contribution in [0.1, 0.15) is 33.1 Å². The zero-order chi connectivity index (χ0) is 18.0. The van der Waals surface area contributed by atoms with E-state index in [4.69, 9.17) is 4.52 Å². The molecule has 0 bridgehead atoms. The fourth-order valence-corrected chi connectivity index (χ4v) is 2.91. The van der Waals surface area contributed by atoms with Crippen LogP contribution in [0.15, 0.2) is 40.9 Å². The zero-order valence-electron chi connectivity index (χ0n) is 14.5. The molecule has 25 heavy (non-hydrogen) atoms. The number of hydrogen-bond donors (Lipinski definition) is 1. The Kier molecular flexibility index (Phi) is 4.70. The maximum Gasteiger partial charge on any atom is 0.253 e. The van der Waals surface area contributed by atoms with Crippen molar-refractivity contribution in [1.29, 1.82) is 0 Å². The number of aromatic nitrogens is 2. The average molecular weight is 341 g/mol. The number of benzene rings is 1. The lowest BCUT2D eigenvalue weighted by Crippen LogP contribution is -2.26. The fraction of sp³-hybridized carbons (Fsp3) is 0.263. The van der Waals surface area contributed by atoms with Crippen LogP contribution in [0.2, 0.25) is 0 Å². The summed E-state index contributed by atoms with van der Waals surface area (Å²) in [5, 5.41) is 6.86. The largest absolute Gasteiger partial charge is 0.360 e. The first-order valence-corrected chi connectivity index (χ1v) is 8.11. The molecular formula is C19H20FN3O2. The second kappa shape index (κ2) is 6.93. The average Bonchev–Trinajstić information content (AvgIpc) is 3.12. The van der Waals surface area contributed by atoms with Gasteiger partial charge in [-0.1, -0.05) is 23.4 Å². The van der Waals surface area contributed by atoms with E-state index in [1.165, 1.54) is 6.07 Å². The van der Waals surface area contributed by atoms with Crippen LogP contribution in [0.25, 0.3) is 5.82 Å². The van der Waals surface area contributed by atoms with E-state index >= 15 is 0 Å². The minimum Gasteiger partial charge on any atom is -0.360 e. The van der Waals surface area contributed by atoms with Crippen molar-refractivity contribution in [2.45, 2.75) is 27.2 Å². The summed E-state index contributed by atoms with van der Waals surface area (Å²) < 4.78 is 20.6. The van der Waals surface area contributed by atoms with Crippen molar-refractivity contribution in [3.8, 4) is 5.82 Å². The third kappa shape index (κ3) is 3.47. The molecule has 0 aliphatic heterocycles. The van der Waals surface area contributed by atoms with Crippen LogP contribution < -0.4 is 5.32 Å². The molecule has 5 nitrogen and oxygen atoms in total. The van der Waals surface area contributed by atoms with E-state index in [0.29, 0.717) is 35.7 Å². The van der Waals surface area contributed by atoms with Crippen LogP contribution >= 0.6 is 0 Å². The fourth-order valence-electron chi connectivity index (χ4n) is 2.91. The van der Waals surface area contributed by atoms with Crippen molar-refractivity contribution in [3.05, 3.63) is 70.5 Å². The highest BCUT2D eigenvalue weighted by atomic mass is 19.1. The molecule has 2 aromatic heterocycles. The monoisotopic (exact) mass is 341 g/mol. The van der Waals surface area contributed by atoms with Gasteiger partial charge in [-0.3, -0.25) is 9.36 Å². The summed E-state index contributed by atoms with van der Waals surface area (Å²) >= 11 is 0. The second-order valence-corrected chi connectivity index (χ2v) is 6.01. The number of nitrogens with one attached hydrogen (secondary N) is 1. The van der Waals surface area contributed by atoms with Crippen LogP contribution in [0.4, 0.5) is 4.39 Å². The number of carbonyl (C=O) groups excluding carboxylic acids is 1. The van der Waals surface area contributed by atoms with Gasteiger partial charge in [0.1, 0.15) is 11.6 Å². The summed E-state index contributed by atoms with van der Waals surface area (Å²) in [7, 11) is 0. The molecule has 3 aromatic rings. The quantitative estimate of drug-likeness (QED) is 0.773. The van der Waals surface area contributed by atoms with Gasteiger partial charge in [0.25, 0.3) is 5.91 Å². The Morgan fingerprint density at radius 2 is 2.00 bits per heavy atom. The lowest BCUT2D eigenvalue weighted by molar-refractivity contribution is 0.0953. The molecule has 2 heterocycles. The van der Waals surface area contributed by atoms with E-state index in [1.54, 1.807) is 18.2 Å². The van der Waals surface area contributed by atoms with Gasteiger partial charge >= 0.3 is 0 Å². The summed E-state index contributed by atoms with van der Waals surface area (Å²) in [6.07, 6.45) is 0.444. The van der Waals surface area contributed by atoms with Crippen molar-refractivity contribution in [1.82, 2.24) is 15.0 Å². The lowest BCUT2D eigenvalue weighted by Gasteiger charge is -2.07. The molecule has 6 heteroatoms. The molecule has 0 fully saturated rings. The van der Waals surface area contributed by atoms with Crippen LogP contribution in [-0.4, -0.2) is 22.2 Å². The molecule has 3 rings (SSSR count). The molecule has 1 N–H and O–H groups in total. The maximum absolute atomic E-state index is 13.6. The Labute approximate surface area is 145 Å². The molecule has 130 valence electrons. The number of aryl methyl sites for hydroxylation is 2. The highest BCUT2D eigenvalue weighted by Gasteiger charge is 2.18. The molecule has 0 atom stereocenters. The van der Waals surface area contributed by atoms with E-state index in [9.17, 15) is 9.18 Å². The first-order chi connectivity index (χ1) is 12.0. The number of hydrogen-bond acceptors (Lipinski definition) is 3. The summed E-state index contributed by atoms with van der Waals surface area (Å²) in [5.74, 6) is 0.920. The molecule has 0 spiro atoms. The molecule has 0 unspecified atom stereocenters. The SMILES string of the molecule is Cc1cc(-n2c(C)cc(C(=O)NCCc3ccccc3F)c2C)no1. The van der Waals surface area contributed by atoms with Gasteiger partial charge in [-0.25, -0.2) is 4.39 Å². The van der Waals surface area contributed by atoms with Crippen LogP contribution in [-0.2, 0) is 6.42 Å². The number of rotatable bonds is 5. The first kappa shape index (κ1) is 17.0. The summed E-state index contributed by atoms with van der Waals surface area (Å²) in [5.41, 5.74) is 2.84. The molecule has 0 aliphatic carbocycles. The Morgan fingerprint density at radius 3 is 2.68 bits per heavy atom. The Morgan fingerprint density at radius 1 is 1.24 bits per heavy atom. The smallest absolute Gasteiger partial charge is 0.253 e. The maximum atomic E-state index is 13.6. The van der Waals surface area contributed by atoms with Crippen molar-refractivity contribution in [2.24, 2.45) is 0 Å². The molecule has 0 aliphatic rings. The van der Waals surface area contributed by atoms with Crippen LogP contribution in [0.3, 0.4) is 0 Å². The van der Waals surface area contributed by atoms with E-state index in [-0.39, 0.29) is 11.7 Å². The second-order valence-electron chi connectivity index (χ2n) is 6.01. The Bertz CT molecular complexity index is 911. The van der Waals surface area contributed by atoms with Crippen molar-refractivity contribution in [2.75, 3.05) is 6.54 Å². The molecule has 0 saturated carbocycles. The molecule has 1 aromatic carbocycles. The van der Waals surface area contributed by atoms with Gasteiger partial charge in [0.15, 0.2) is 5.82 Å². The van der Waals surface area contributed by atoms with Crippen molar-refractivity contribution in [3.63, 3.8) is 0 Å². The van der Waals surface area contributed by atoms with Crippen molar-refractivity contribution < 1.29 is 13.7 Å². The van der Waals surface area contributed by atoms with Gasteiger partial charge in [0, 0.05) is 24.0 Å². The third-order valence-electron chi connectivity index (χ3n) is 4.16. The van der Waals surface area contributed by atoms with Crippen LogP contribution in [0, 0.1) is 26.6 Å². The van der Waals surface area contributed by atoms with Gasteiger partial charge in [0.2, 0.25) is 0 Å². The number of halogens is 1. The van der Waals surface area contributed by atoms with Gasteiger partial charge in [-0.15, -0.1) is 0 Å². The predicted molar refractivity (Wildman–Crippen MR) is 92.5 cm³/mol. The summed E-state index contributed by atoms with van der Waals surface area (Å²) in [4.78, 5) is 12.5. The normalized spacial score (nSPS) is 10.9. The summed E-state index contributed by atoms with van der Waals surface area (Å²) in [6.45, 7) is 5.96. The number of nitrogens with zero attached hydrogens (tertiary/aromatic N) is 2. The third-order valence-corrected chi connectivity index (χ3v) is 4.16. The molecular weight excluding hydrogens is 321 g/mol. The minimum atomic E-state index is -0.253. The highest BCUT2D eigenvalue weighted by Crippen LogP contribution is 2.20. The number of amides is 1. The molecule has 0 radical (unpaired) electrons. The van der Waals surface area contributed by atoms with Gasteiger partial charge < -0.3 is 9.84 Å². The molecule has 1 amide bonds. The van der Waals surface area contributed by atoms with E-state index in [0.717, 1.165) is 11.4 Å². The van der Waals surface area contributed by atoms with E-state index < -0.39 is 0 Å². The molecule has 0 saturated heterocycles. The Hall–Kier alpha value is -2.89. The van der Waals surface area contributed by atoms with Gasteiger partial charge in [-0.05, 0) is 44.9 Å². The Balaban J connectivity index is 1.72. The summed E-state index contributed by atoms with van der Waals surface area (Å²) in [6, 6.07) is 10.2. The van der Waals surface area contributed by atoms with Gasteiger partial charge in [-0.2, -0.15) is 0 Å². The lowest BCUT2D eigenvalue weighted by atomic mass is 10.1. The first-order valence-electron chi connectivity index (χ1n) is 8.11. The number of carbonyl (C=O) groups is 1. The zero-order valence-corrected chi connectivity index (χ0v) is 14.5.